The highest BCUT2D eigenvalue weighted by Crippen LogP contribution is 2.33. The van der Waals surface area contributed by atoms with Crippen LogP contribution in [0.3, 0.4) is 0 Å². The van der Waals surface area contributed by atoms with Gasteiger partial charge < -0.3 is 15.0 Å². The number of esters is 1. The van der Waals surface area contributed by atoms with E-state index in [0.29, 0.717) is 20.5 Å². The second-order valence-corrected chi connectivity index (χ2v) is 9.87. The Morgan fingerprint density at radius 3 is 2.69 bits per heavy atom. The van der Waals surface area contributed by atoms with Gasteiger partial charge in [0, 0.05) is 11.8 Å². The summed E-state index contributed by atoms with van der Waals surface area (Å²) in [7, 11) is 0. The van der Waals surface area contributed by atoms with Crippen molar-refractivity contribution in [1.29, 1.82) is 5.26 Å². The van der Waals surface area contributed by atoms with E-state index in [1.54, 1.807) is 20.0 Å². The molecule has 1 aromatic carbocycles. The molecule has 0 saturated carbocycles. The second-order valence-electron chi connectivity index (χ2n) is 7.85. The molecule has 3 aromatic heterocycles. The van der Waals surface area contributed by atoms with Crippen LogP contribution in [-0.2, 0) is 9.53 Å². The van der Waals surface area contributed by atoms with E-state index in [2.05, 4.69) is 52.3 Å². The molecular formula is C25H23N5O3S2. The largest absolute Gasteiger partial charge is 0.462 e. The monoisotopic (exact) mass is 505 g/mol. The summed E-state index contributed by atoms with van der Waals surface area (Å²) in [5.74, 6) is 0.0465. The first-order valence-electron chi connectivity index (χ1n) is 10.9. The fourth-order valence-electron chi connectivity index (χ4n) is 3.44. The topological polar surface area (TPSA) is 121 Å². The third-order valence-corrected chi connectivity index (χ3v) is 7.56. The number of aryl methyl sites for hydroxylation is 2. The van der Waals surface area contributed by atoms with E-state index in [9.17, 15) is 14.9 Å². The molecule has 0 aliphatic rings. The van der Waals surface area contributed by atoms with Gasteiger partial charge in [0.2, 0.25) is 5.91 Å². The summed E-state index contributed by atoms with van der Waals surface area (Å²) in [4.78, 5) is 37.4. The maximum Gasteiger partial charge on any atom is 0.348 e. The molecule has 0 aliphatic carbocycles. The van der Waals surface area contributed by atoms with Crippen LogP contribution in [0.5, 0.6) is 0 Å². The Kier molecular flexibility index (Phi) is 7.19. The second kappa shape index (κ2) is 10.3. The van der Waals surface area contributed by atoms with E-state index in [0.717, 1.165) is 33.8 Å². The fourth-order valence-corrected chi connectivity index (χ4v) is 5.15. The quantitative estimate of drug-likeness (QED) is 0.255. The average molecular weight is 506 g/mol. The molecular weight excluding hydrogens is 482 g/mol. The van der Waals surface area contributed by atoms with E-state index in [1.165, 1.54) is 22.9 Å². The van der Waals surface area contributed by atoms with Gasteiger partial charge in [-0.1, -0.05) is 11.8 Å². The van der Waals surface area contributed by atoms with Crippen LogP contribution in [0.1, 0.15) is 38.8 Å². The van der Waals surface area contributed by atoms with Crippen molar-refractivity contribution in [3.8, 4) is 17.5 Å². The van der Waals surface area contributed by atoms with Gasteiger partial charge in [0.1, 0.15) is 21.8 Å². The standard InChI is InChI=1S/C25H23N5O3S2/c1-5-33-25(32)22-15(4)17(10-26)24(35-22)30-20(31)12-34-21-7-6-16(11-27-21)23-28-18-8-13(2)14(3)9-19(18)29-23/h6-9,11H,5,12H2,1-4H3,(H,28,29)(H,30,31). The summed E-state index contributed by atoms with van der Waals surface area (Å²) < 4.78 is 5.03. The molecule has 10 heteroatoms. The van der Waals surface area contributed by atoms with Gasteiger partial charge in [-0.05, 0) is 68.7 Å². The van der Waals surface area contributed by atoms with Crippen molar-refractivity contribution in [2.75, 3.05) is 17.7 Å². The Morgan fingerprint density at radius 2 is 2.00 bits per heavy atom. The molecule has 0 bridgehead atoms. The molecule has 8 nitrogen and oxygen atoms in total. The third-order valence-electron chi connectivity index (χ3n) is 5.43. The number of aromatic amines is 1. The zero-order chi connectivity index (χ0) is 25.1. The van der Waals surface area contributed by atoms with Gasteiger partial charge in [0.05, 0.1) is 34.0 Å². The van der Waals surface area contributed by atoms with Crippen molar-refractivity contribution >= 4 is 51.0 Å². The van der Waals surface area contributed by atoms with Crippen LogP contribution in [-0.4, -0.2) is 39.2 Å². The van der Waals surface area contributed by atoms with Crippen LogP contribution in [0, 0.1) is 32.1 Å². The molecule has 0 saturated heterocycles. The van der Waals surface area contributed by atoms with Crippen molar-refractivity contribution in [3.05, 3.63) is 57.6 Å². The minimum Gasteiger partial charge on any atom is -0.462 e. The molecule has 0 radical (unpaired) electrons. The number of benzene rings is 1. The molecule has 35 heavy (non-hydrogen) atoms. The number of fused-ring (bicyclic) bond motifs is 1. The summed E-state index contributed by atoms with van der Waals surface area (Å²) >= 11 is 2.32. The van der Waals surface area contributed by atoms with Crippen molar-refractivity contribution in [2.45, 2.75) is 32.7 Å². The number of thiophene rings is 1. The summed E-state index contributed by atoms with van der Waals surface area (Å²) in [5.41, 5.74) is 5.91. The molecule has 2 N–H and O–H groups in total. The number of amides is 1. The van der Waals surface area contributed by atoms with Crippen LogP contribution >= 0.6 is 23.1 Å². The Hall–Kier alpha value is -3.68. The van der Waals surface area contributed by atoms with Gasteiger partial charge in [-0.25, -0.2) is 14.8 Å². The number of nitriles is 1. The molecule has 0 atom stereocenters. The smallest absolute Gasteiger partial charge is 0.348 e. The molecule has 0 aliphatic heterocycles. The van der Waals surface area contributed by atoms with Crippen LogP contribution in [0.15, 0.2) is 35.5 Å². The lowest BCUT2D eigenvalue weighted by Crippen LogP contribution is -2.14. The first kappa shape index (κ1) is 24.4. The average Bonchev–Trinajstić information content (AvgIpc) is 3.38. The van der Waals surface area contributed by atoms with Gasteiger partial charge in [-0.15, -0.1) is 11.3 Å². The fraction of sp³-hybridized carbons (Fsp3) is 0.240. The summed E-state index contributed by atoms with van der Waals surface area (Å²) in [6, 6.07) is 9.95. The predicted octanol–water partition coefficient (Wildman–Crippen LogP) is 5.39. The lowest BCUT2D eigenvalue weighted by atomic mass is 10.1. The van der Waals surface area contributed by atoms with Gasteiger partial charge in [0.15, 0.2) is 0 Å². The SMILES string of the molecule is CCOC(=O)c1sc(NC(=O)CSc2ccc(-c3nc4cc(C)c(C)cc4[nH]3)cn2)c(C#N)c1C. The number of carbonyl (C=O) groups excluding carboxylic acids is 2. The van der Waals surface area contributed by atoms with E-state index in [-0.39, 0.29) is 23.8 Å². The van der Waals surface area contributed by atoms with Gasteiger partial charge in [-0.2, -0.15) is 5.26 Å². The normalized spacial score (nSPS) is 10.8. The summed E-state index contributed by atoms with van der Waals surface area (Å²) in [5, 5.41) is 13.2. The maximum atomic E-state index is 12.5. The van der Waals surface area contributed by atoms with Crippen molar-refractivity contribution < 1.29 is 14.3 Å². The predicted molar refractivity (Wildman–Crippen MR) is 138 cm³/mol. The summed E-state index contributed by atoms with van der Waals surface area (Å²) in [6.07, 6.45) is 1.72. The van der Waals surface area contributed by atoms with Crippen molar-refractivity contribution in [3.63, 3.8) is 0 Å². The lowest BCUT2D eigenvalue weighted by Gasteiger charge is -2.04. The number of carbonyl (C=O) groups is 2. The number of ether oxygens (including phenoxy) is 1. The highest BCUT2D eigenvalue weighted by Gasteiger charge is 2.22. The lowest BCUT2D eigenvalue weighted by molar-refractivity contribution is -0.113. The molecule has 0 fully saturated rings. The van der Waals surface area contributed by atoms with Gasteiger partial charge in [0.25, 0.3) is 0 Å². The van der Waals surface area contributed by atoms with Crippen LogP contribution in [0.4, 0.5) is 5.00 Å². The van der Waals surface area contributed by atoms with Gasteiger partial charge >= 0.3 is 5.97 Å². The minimum atomic E-state index is -0.500. The molecule has 0 unspecified atom stereocenters. The summed E-state index contributed by atoms with van der Waals surface area (Å²) in [6.45, 7) is 7.75. The Balaban J connectivity index is 1.41. The third kappa shape index (κ3) is 5.21. The molecule has 178 valence electrons. The first-order chi connectivity index (χ1) is 16.8. The van der Waals surface area contributed by atoms with E-state index in [1.807, 2.05) is 12.1 Å². The molecule has 4 rings (SSSR count). The zero-order valence-electron chi connectivity index (χ0n) is 19.7. The van der Waals surface area contributed by atoms with Crippen LogP contribution in [0.2, 0.25) is 0 Å². The first-order valence-corrected chi connectivity index (χ1v) is 12.7. The number of H-pyrrole nitrogens is 1. The van der Waals surface area contributed by atoms with E-state index in [4.69, 9.17) is 4.74 Å². The van der Waals surface area contributed by atoms with Crippen molar-refractivity contribution in [2.24, 2.45) is 0 Å². The number of nitrogens with zero attached hydrogens (tertiary/aromatic N) is 3. The zero-order valence-corrected chi connectivity index (χ0v) is 21.3. The van der Waals surface area contributed by atoms with E-state index >= 15 is 0 Å². The van der Waals surface area contributed by atoms with Crippen molar-refractivity contribution in [1.82, 2.24) is 15.0 Å². The number of anilines is 1. The number of imidazole rings is 1. The maximum absolute atomic E-state index is 12.5. The number of rotatable bonds is 7. The minimum absolute atomic E-state index is 0.103. The molecule has 0 spiro atoms. The number of aromatic nitrogens is 3. The number of hydrogen-bond acceptors (Lipinski definition) is 8. The Bertz CT molecular complexity index is 1430. The highest BCUT2D eigenvalue weighted by atomic mass is 32.2. The number of nitrogens with one attached hydrogen (secondary N) is 2. The van der Waals surface area contributed by atoms with E-state index < -0.39 is 5.97 Å². The number of pyridine rings is 1. The molecule has 4 aromatic rings. The number of thioether (sulfide) groups is 1. The number of hydrogen-bond donors (Lipinski definition) is 2. The highest BCUT2D eigenvalue weighted by molar-refractivity contribution is 7.99. The Labute approximate surface area is 210 Å². The van der Waals surface area contributed by atoms with Gasteiger partial charge in [-0.3, -0.25) is 4.79 Å². The van der Waals surface area contributed by atoms with Crippen LogP contribution < -0.4 is 5.32 Å². The molecule has 1 amide bonds. The Morgan fingerprint density at radius 1 is 1.23 bits per heavy atom. The molecule has 3 heterocycles. The van der Waals surface area contributed by atoms with Crippen LogP contribution in [0.25, 0.3) is 22.4 Å².